The smallest absolute Gasteiger partial charge is 0.0835 e. The van der Waals surface area contributed by atoms with Crippen LogP contribution in [0, 0.1) is 103 Å². The molecule has 10 aromatic rings. The highest BCUT2D eigenvalue weighted by Crippen LogP contribution is 2.70. The number of fused-ring (bicyclic) bond motifs is 12. The molecule has 0 bridgehead atoms. The van der Waals surface area contributed by atoms with Crippen LogP contribution in [-0.2, 0) is 5.41 Å². The van der Waals surface area contributed by atoms with E-state index >= 15 is 0 Å². The summed E-state index contributed by atoms with van der Waals surface area (Å²) in [5.74, 6) is 4.95. The Morgan fingerprint density at radius 2 is 0.774 bits per heavy atom. The summed E-state index contributed by atoms with van der Waals surface area (Å²) in [6, 6.07) is 72.0. The van der Waals surface area contributed by atoms with Gasteiger partial charge in [0.2, 0.25) is 0 Å². The molecular weight excluding hydrogens is 1550 g/mol. The lowest BCUT2D eigenvalue weighted by Gasteiger charge is -2.65. The monoisotopic (exact) mass is 1660 g/mol. The van der Waals surface area contributed by atoms with Crippen LogP contribution in [0.15, 0.2) is 222 Å². The van der Waals surface area contributed by atoms with Gasteiger partial charge in [-0.15, -0.1) is 11.8 Å². The summed E-state index contributed by atoms with van der Waals surface area (Å²) in [6.07, 6.45) is 7.30. The van der Waals surface area contributed by atoms with Gasteiger partial charge in [-0.05, 0) is 249 Å². The molecule has 9 aromatic carbocycles. The average molecular weight is 1660 g/mol. The fourth-order valence-corrected chi connectivity index (χ4v) is 39.0. The molecule has 10 aliphatic rings. The van der Waals surface area contributed by atoms with Crippen molar-refractivity contribution in [3.8, 4) is 11.1 Å². The van der Waals surface area contributed by atoms with Crippen LogP contribution in [0.5, 0.6) is 0 Å². The standard InChI is InChI=1S/C103H110N4S8/c1-53-55(3)63(11)89-87(61(53)9)108-95-83(104(70-37-22-19-23-38-70)71-39-24-20-25-40-71)96-98(111-90-64(12)56(4)54(2)62(10)88(90)109-96)84(97(95)110-89)105(72-41-26-21-27-42-72)73-43-34-36-69(52-73)74-45-35-51-81-82(74)75-44-28-31-48-78(75)106(81)85-99-101(114-93-67(15)59(7)57(5)65(13)91(93)112-99)86(102-100(85)113-92-66(14)58(6)60(8)68(16)94(92)115-102)107-79-49-32-29-46-76(79)103(17,18)77-47-30-33-50-80(77)107/h19-27,29-30,32-56,61-64,83-85,87-90,95-99H,28,31H2,1-18H3. The number of allylic oxidation sites excluding steroid dienone is 1. The van der Waals surface area contributed by atoms with Gasteiger partial charge in [0.05, 0.1) is 46.0 Å². The van der Waals surface area contributed by atoms with Gasteiger partial charge in [0.25, 0.3) is 0 Å². The topological polar surface area (TPSA) is 14.7 Å². The highest BCUT2D eigenvalue weighted by Gasteiger charge is 2.65. The fourth-order valence-electron chi connectivity index (χ4n) is 22.6. The fraction of sp³-hybridized carbons (Fsp3) is 0.398. The third-order valence-corrected chi connectivity index (χ3v) is 45.2. The number of rotatable bonds is 9. The zero-order valence-corrected chi connectivity index (χ0v) is 76.5. The van der Waals surface area contributed by atoms with E-state index in [4.69, 9.17) is 0 Å². The lowest BCUT2D eigenvalue weighted by Crippen LogP contribution is -2.72. The van der Waals surface area contributed by atoms with Gasteiger partial charge >= 0.3 is 0 Å². The summed E-state index contributed by atoms with van der Waals surface area (Å²) in [5.41, 5.74) is 26.9. The van der Waals surface area contributed by atoms with E-state index in [1.165, 1.54) is 162 Å². The molecule has 3 saturated carbocycles. The molecule has 0 radical (unpaired) electrons. The lowest BCUT2D eigenvalue weighted by molar-refractivity contribution is 0.146. The summed E-state index contributed by atoms with van der Waals surface area (Å²) in [7, 11) is 0. The van der Waals surface area contributed by atoms with Crippen molar-refractivity contribution in [1.29, 1.82) is 0 Å². The zero-order chi connectivity index (χ0) is 79.4. The maximum atomic E-state index is 2.98. The first kappa shape index (κ1) is 77.5. The Kier molecular flexibility index (Phi) is 20.0. The van der Waals surface area contributed by atoms with E-state index in [9.17, 15) is 0 Å². The molecule has 20 rings (SSSR count). The second kappa shape index (κ2) is 29.7. The van der Waals surface area contributed by atoms with Crippen LogP contribution in [0.1, 0.15) is 144 Å². The molecule has 2 saturated heterocycles. The molecule has 115 heavy (non-hydrogen) atoms. The number of anilines is 6. The predicted octanol–water partition coefficient (Wildman–Crippen LogP) is 27.5. The van der Waals surface area contributed by atoms with E-state index in [1.807, 2.05) is 0 Å². The van der Waals surface area contributed by atoms with Crippen molar-refractivity contribution in [2.24, 2.45) is 47.3 Å². The van der Waals surface area contributed by atoms with Crippen molar-refractivity contribution in [1.82, 2.24) is 4.57 Å². The van der Waals surface area contributed by atoms with Crippen molar-refractivity contribution in [2.45, 2.75) is 228 Å². The van der Waals surface area contributed by atoms with Gasteiger partial charge < -0.3 is 19.3 Å². The lowest BCUT2D eigenvalue weighted by atomic mass is 9.68. The van der Waals surface area contributed by atoms with E-state index in [1.54, 1.807) is 0 Å². The van der Waals surface area contributed by atoms with Gasteiger partial charge in [0.15, 0.2) is 0 Å². The molecule has 5 aliphatic heterocycles. The zero-order valence-electron chi connectivity index (χ0n) is 70.0. The van der Waals surface area contributed by atoms with Crippen molar-refractivity contribution in [3.05, 3.63) is 269 Å². The molecule has 18 unspecified atom stereocenters. The van der Waals surface area contributed by atoms with Crippen LogP contribution >= 0.6 is 94.1 Å². The molecule has 0 spiro atoms. The molecule has 0 amide bonds. The summed E-state index contributed by atoms with van der Waals surface area (Å²) in [5, 5.41) is 7.55. The summed E-state index contributed by atoms with van der Waals surface area (Å²) >= 11 is 18.3. The second-order valence-corrected chi connectivity index (χ2v) is 46.0. The molecule has 1 aromatic heterocycles. The van der Waals surface area contributed by atoms with Gasteiger partial charge in [-0.3, -0.25) is 0 Å². The number of hydrogen-bond acceptors (Lipinski definition) is 11. The van der Waals surface area contributed by atoms with E-state index in [0.29, 0.717) is 89.3 Å². The van der Waals surface area contributed by atoms with Gasteiger partial charge in [-0.2, -0.15) is 47.0 Å². The Morgan fingerprint density at radius 3 is 1.26 bits per heavy atom. The Morgan fingerprint density at radius 1 is 0.374 bits per heavy atom. The van der Waals surface area contributed by atoms with Crippen molar-refractivity contribution in [3.63, 3.8) is 0 Å². The first-order chi connectivity index (χ1) is 55.5. The van der Waals surface area contributed by atoms with Crippen molar-refractivity contribution in [2.75, 3.05) is 14.7 Å². The third-order valence-electron chi connectivity index (χ3n) is 30.7. The molecule has 590 valence electrons. The van der Waals surface area contributed by atoms with Gasteiger partial charge in [-0.1, -0.05) is 232 Å². The number of thioether (sulfide) groups is 8. The van der Waals surface area contributed by atoms with Gasteiger partial charge in [0, 0.05) is 120 Å². The van der Waals surface area contributed by atoms with Gasteiger partial charge in [0.1, 0.15) is 0 Å². The average Bonchev–Trinajstić information content (AvgIpc) is 1.60. The first-order valence-corrected chi connectivity index (χ1v) is 49.8. The van der Waals surface area contributed by atoms with E-state index in [-0.39, 0.29) is 28.8 Å². The van der Waals surface area contributed by atoms with Crippen LogP contribution in [0.25, 0.3) is 34.2 Å². The SMILES string of the molecule is Cc1c(C)c(C)c2c(c1C)SC1=C(S2)C(n2c3c(c4c(-c5cccc(N(c6ccccc6)C6C7SC8C(C)C(C)C(C)C(C)C8SC7C(N(c7ccccc7)c7ccccc7)C7SC8C(C)C(C)C(C)C(C)C8SC76)c5)cccc42)=CCCC=3)C2Sc3c(C)c(C)c(C)c(C)c3SC2=C1N1c2ccccc2C(C)(C)c2ccccc21. The highest BCUT2D eigenvalue weighted by atomic mass is 32.2. The molecule has 0 N–H and O–H groups in total. The Balaban J connectivity index is 0.804. The number of aromatic nitrogens is 1. The molecule has 18 atom stereocenters. The number of hydrogen-bond donors (Lipinski definition) is 0. The normalized spacial score (nSPS) is 30.6. The summed E-state index contributed by atoms with van der Waals surface area (Å²) in [4.78, 5) is 18.7. The van der Waals surface area contributed by atoms with Crippen molar-refractivity contribution >= 4 is 151 Å². The minimum atomic E-state index is -0.217. The predicted molar refractivity (Wildman–Crippen MR) is 508 cm³/mol. The van der Waals surface area contributed by atoms with Gasteiger partial charge in [-0.25, -0.2) is 0 Å². The molecule has 5 fully saturated rings. The van der Waals surface area contributed by atoms with E-state index in [2.05, 4.69) is 432 Å². The maximum Gasteiger partial charge on any atom is 0.0835 e. The van der Waals surface area contributed by atoms with Crippen LogP contribution in [0.2, 0.25) is 0 Å². The van der Waals surface area contributed by atoms with Crippen LogP contribution in [-0.4, -0.2) is 63.9 Å². The molecule has 12 heteroatoms. The minimum absolute atomic E-state index is 0.0232. The molecule has 6 heterocycles. The van der Waals surface area contributed by atoms with Crippen LogP contribution in [0.3, 0.4) is 0 Å². The van der Waals surface area contributed by atoms with Crippen LogP contribution in [0.4, 0.5) is 34.1 Å². The minimum Gasteiger partial charge on any atom is -0.336 e. The van der Waals surface area contributed by atoms with E-state index in [0.717, 1.165) is 12.8 Å². The second-order valence-electron chi connectivity index (χ2n) is 36.3. The molecule has 4 nitrogen and oxygen atoms in total. The quantitative estimate of drug-likeness (QED) is 0.137. The van der Waals surface area contributed by atoms with Crippen molar-refractivity contribution < 1.29 is 0 Å². The first-order valence-electron chi connectivity index (χ1n) is 42.7. The Hall–Kier alpha value is -6.06. The summed E-state index contributed by atoms with van der Waals surface area (Å²) < 4.78 is 2.93. The maximum absolute atomic E-state index is 2.98. The van der Waals surface area contributed by atoms with E-state index < -0.39 is 0 Å². The number of para-hydroxylation sites is 5. The number of nitrogens with zero attached hydrogens (tertiary/aromatic N) is 4. The number of benzene rings is 9. The largest absolute Gasteiger partial charge is 0.336 e. The summed E-state index contributed by atoms with van der Waals surface area (Å²) in [6.45, 7) is 45.0. The highest BCUT2D eigenvalue weighted by molar-refractivity contribution is 8.11. The third kappa shape index (κ3) is 11.9. The molecular formula is C103H110N4S8. The Bertz CT molecular complexity index is 5640. The van der Waals surface area contributed by atoms with Crippen LogP contribution < -0.4 is 25.3 Å². The Labute approximate surface area is 719 Å². The molecule has 5 aliphatic carbocycles.